The molecule has 0 aromatic heterocycles. The zero-order valence-corrected chi connectivity index (χ0v) is 13.5. The van der Waals surface area contributed by atoms with Gasteiger partial charge in [-0.15, -0.1) is 12.4 Å². The highest BCUT2D eigenvalue weighted by atomic mass is 79.9. The first kappa shape index (κ1) is 16.9. The largest absolute Gasteiger partial charge is 0.328 e. The average molecular weight is 352 g/mol. The summed E-state index contributed by atoms with van der Waals surface area (Å²) in [5.41, 5.74) is 6.73. The molecule has 1 saturated heterocycles. The second-order valence-electron chi connectivity index (χ2n) is 5.20. The zero-order chi connectivity index (χ0) is 13.1. The molecule has 2 N–H and O–H groups in total. The van der Waals surface area contributed by atoms with Gasteiger partial charge in [-0.3, -0.25) is 4.90 Å². The zero-order valence-electron chi connectivity index (χ0n) is 11.1. The lowest BCUT2D eigenvalue weighted by molar-refractivity contribution is 0.152. The minimum atomic E-state index is -0.132. The van der Waals surface area contributed by atoms with Crippen LogP contribution >= 0.6 is 28.3 Å². The average Bonchev–Trinajstić information content (AvgIpc) is 2.34. The van der Waals surface area contributed by atoms with E-state index in [1.807, 2.05) is 6.07 Å². The van der Waals surface area contributed by atoms with Crippen molar-refractivity contribution >= 4 is 28.3 Å². The Morgan fingerprint density at radius 3 is 2.89 bits per heavy atom. The molecule has 5 heteroatoms. The summed E-state index contributed by atoms with van der Waals surface area (Å²) in [7, 11) is 0. The lowest BCUT2D eigenvalue weighted by Crippen LogP contribution is -2.42. The molecule has 1 fully saturated rings. The molecule has 0 saturated carbocycles. The molecule has 1 aliphatic heterocycles. The number of hydrogen-bond acceptors (Lipinski definition) is 2. The van der Waals surface area contributed by atoms with Crippen LogP contribution in [0.1, 0.15) is 25.3 Å². The smallest absolute Gasteiger partial charge is 0.128 e. The molecule has 1 heterocycles. The van der Waals surface area contributed by atoms with Crippen LogP contribution < -0.4 is 5.73 Å². The van der Waals surface area contributed by atoms with Gasteiger partial charge in [-0.1, -0.05) is 22.0 Å². The third-order valence-electron chi connectivity index (χ3n) is 3.73. The molecule has 0 spiro atoms. The third kappa shape index (κ3) is 4.42. The lowest BCUT2D eigenvalue weighted by Gasteiger charge is -2.34. The van der Waals surface area contributed by atoms with Crippen LogP contribution in [0.3, 0.4) is 0 Å². The summed E-state index contributed by atoms with van der Waals surface area (Å²) in [5.74, 6) is 0.400. The van der Waals surface area contributed by atoms with Gasteiger partial charge in [0.15, 0.2) is 0 Å². The van der Waals surface area contributed by atoms with Crippen LogP contribution in [0.2, 0.25) is 0 Å². The van der Waals surface area contributed by atoms with Crippen molar-refractivity contribution < 1.29 is 4.39 Å². The highest BCUT2D eigenvalue weighted by molar-refractivity contribution is 9.10. The fraction of sp³-hybridized carbons (Fsp3) is 0.571. The van der Waals surface area contributed by atoms with Gasteiger partial charge in [0.1, 0.15) is 5.82 Å². The van der Waals surface area contributed by atoms with Crippen LogP contribution in [-0.4, -0.2) is 24.0 Å². The van der Waals surface area contributed by atoms with Gasteiger partial charge >= 0.3 is 0 Å². The van der Waals surface area contributed by atoms with Crippen LogP contribution in [0.5, 0.6) is 0 Å². The molecule has 0 amide bonds. The second kappa shape index (κ2) is 7.58. The van der Waals surface area contributed by atoms with Crippen LogP contribution in [0.25, 0.3) is 0 Å². The standard InChI is InChI=1S/C14H20BrFN2.ClH/c1-10(17)11-4-3-7-18(8-11)9-12-13(15)5-2-6-14(12)16;/h2,5-6,10-11H,3-4,7-9,17H2,1H3;1H. The molecule has 19 heavy (non-hydrogen) atoms. The van der Waals surface area contributed by atoms with Gasteiger partial charge in [-0.05, 0) is 44.4 Å². The molecule has 0 bridgehead atoms. The van der Waals surface area contributed by atoms with E-state index in [0.717, 1.165) is 29.5 Å². The van der Waals surface area contributed by atoms with Gasteiger partial charge in [0, 0.05) is 29.2 Å². The fourth-order valence-corrected chi connectivity index (χ4v) is 3.04. The van der Waals surface area contributed by atoms with Crippen molar-refractivity contribution in [1.82, 2.24) is 4.90 Å². The molecular weight excluding hydrogens is 331 g/mol. The lowest BCUT2D eigenvalue weighted by atomic mass is 9.92. The number of piperidine rings is 1. The quantitative estimate of drug-likeness (QED) is 0.902. The molecule has 0 radical (unpaired) electrons. The Kier molecular flexibility index (Phi) is 6.74. The van der Waals surface area contributed by atoms with E-state index >= 15 is 0 Å². The monoisotopic (exact) mass is 350 g/mol. The molecule has 2 nitrogen and oxygen atoms in total. The number of nitrogens with two attached hydrogens (primary N) is 1. The van der Waals surface area contributed by atoms with E-state index in [2.05, 4.69) is 27.8 Å². The number of halogens is 3. The fourth-order valence-electron chi connectivity index (χ4n) is 2.57. The Balaban J connectivity index is 0.00000180. The topological polar surface area (TPSA) is 29.3 Å². The van der Waals surface area contributed by atoms with E-state index in [1.165, 1.54) is 12.5 Å². The van der Waals surface area contributed by atoms with Crippen molar-refractivity contribution in [2.75, 3.05) is 13.1 Å². The summed E-state index contributed by atoms with van der Waals surface area (Å²) in [4.78, 5) is 2.31. The van der Waals surface area contributed by atoms with Crippen molar-refractivity contribution in [2.45, 2.75) is 32.4 Å². The van der Waals surface area contributed by atoms with Gasteiger partial charge in [-0.25, -0.2) is 4.39 Å². The third-order valence-corrected chi connectivity index (χ3v) is 4.47. The maximum absolute atomic E-state index is 13.8. The molecule has 108 valence electrons. The summed E-state index contributed by atoms with van der Waals surface area (Å²) in [6, 6.07) is 5.36. The van der Waals surface area contributed by atoms with E-state index in [-0.39, 0.29) is 24.3 Å². The van der Waals surface area contributed by atoms with Crippen molar-refractivity contribution in [3.8, 4) is 0 Å². The summed E-state index contributed by atoms with van der Waals surface area (Å²) >= 11 is 3.43. The minimum Gasteiger partial charge on any atom is -0.328 e. The van der Waals surface area contributed by atoms with Gasteiger partial charge in [0.05, 0.1) is 0 Å². The molecular formula is C14H21BrClFN2. The highest BCUT2D eigenvalue weighted by Gasteiger charge is 2.23. The van der Waals surface area contributed by atoms with E-state index in [0.29, 0.717) is 12.5 Å². The minimum absolute atomic E-state index is 0. The normalized spacial score (nSPS) is 21.8. The predicted octanol–water partition coefficient (Wildman–Crippen LogP) is 3.57. The summed E-state index contributed by atoms with van der Waals surface area (Å²) in [6.07, 6.45) is 2.34. The Bertz CT molecular complexity index is 394. The number of likely N-dealkylation sites (tertiary alicyclic amines) is 1. The van der Waals surface area contributed by atoms with Gasteiger partial charge in [0.2, 0.25) is 0 Å². The molecule has 2 atom stereocenters. The van der Waals surface area contributed by atoms with Gasteiger partial charge in [0.25, 0.3) is 0 Å². The summed E-state index contributed by atoms with van der Waals surface area (Å²) in [6.45, 7) is 4.73. The molecule has 2 unspecified atom stereocenters. The van der Waals surface area contributed by atoms with Crippen LogP contribution in [0.15, 0.2) is 22.7 Å². The Morgan fingerprint density at radius 1 is 1.53 bits per heavy atom. The van der Waals surface area contributed by atoms with Crippen LogP contribution in [0, 0.1) is 11.7 Å². The summed E-state index contributed by atoms with van der Waals surface area (Å²) in [5, 5.41) is 0. The number of nitrogens with zero attached hydrogens (tertiary/aromatic N) is 1. The Hall–Kier alpha value is -0.160. The number of benzene rings is 1. The molecule has 1 aromatic rings. The van der Waals surface area contributed by atoms with Gasteiger partial charge < -0.3 is 5.73 Å². The highest BCUT2D eigenvalue weighted by Crippen LogP contribution is 2.25. The summed E-state index contributed by atoms with van der Waals surface area (Å²) < 4.78 is 14.6. The van der Waals surface area contributed by atoms with Crippen molar-refractivity contribution in [3.63, 3.8) is 0 Å². The predicted molar refractivity (Wildman–Crippen MR) is 83.0 cm³/mol. The van der Waals surface area contributed by atoms with E-state index in [4.69, 9.17) is 5.73 Å². The maximum atomic E-state index is 13.8. The molecule has 1 aromatic carbocycles. The van der Waals surface area contributed by atoms with Crippen molar-refractivity contribution in [2.24, 2.45) is 11.7 Å². The van der Waals surface area contributed by atoms with E-state index in [9.17, 15) is 4.39 Å². The van der Waals surface area contributed by atoms with Crippen LogP contribution in [-0.2, 0) is 6.54 Å². The van der Waals surface area contributed by atoms with E-state index < -0.39 is 0 Å². The number of rotatable bonds is 3. The van der Waals surface area contributed by atoms with Crippen molar-refractivity contribution in [3.05, 3.63) is 34.1 Å². The van der Waals surface area contributed by atoms with E-state index in [1.54, 1.807) is 6.07 Å². The first-order valence-corrected chi connectivity index (χ1v) is 7.28. The second-order valence-corrected chi connectivity index (χ2v) is 6.05. The SMILES string of the molecule is CC(N)C1CCCN(Cc2c(F)cccc2Br)C1.Cl. The Labute approximate surface area is 129 Å². The first-order valence-electron chi connectivity index (χ1n) is 6.48. The molecule has 1 aliphatic rings. The molecule has 0 aliphatic carbocycles. The van der Waals surface area contributed by atoms with Crippen molar-refractivity contribution in [1.29, 1.82) is 0 Å². The first-order chi connectivity index (χ1) is 8.58. The van der Waals surface area contributed by atoms with Crippen LogP contribution in [0.4, 0.5) is 4.39 Å². The molecule has 2 rings (SSSR count). The maximum Gasteiger partial charge on any atom is 0.128 e. The Morgan fingerprint density at radius 2 is 2.26 bits per heavy atom. The number of hydrogen-bond donors (Lipinski definition) is 1. The van der Waals surface area contributed by atoms with Gasteiger partial charge in [-0.2, -0.15) is 0 Å².